The van der Waals surface area contributed by atoms with E-state index < -0.39 is 14.2 Å². The zero-order chi connectivity index (χ0) is 28.8. The zero-order valence-electron chi connectivity index (χ0n) is 24.1. The molecule has 0 fully saturated rings. The van der Waals surface area contributed by atoms with E-state index in [9.17, 15) is 4.79 Å². The normalized spacial score (nSPS) is 12.8. The Labute approximate surface area is 242 Å². The van der Waals surface area contributed by atoms with Gasteiger partial charge in [0.2, 0.25) is 0 Å². The Morgan fingerprint density at radius 2 is 1.90 bits per heavy atom. The molecule has 212 valence electrons. The van der Waals surface area contributed by atoms with Crippen LogP contribution in [0.5, 0.6) is 5.75 Å². The van der Waals surface area contributed by atoms with Crippen LogP contribution in [-0.2, 0) is 17.4 Å². The number of thiazole rings is 1. The van der Waals surface area contributed by atoms with Gasteiger partial charge in [-0.1, -0.05) is 63.2 Å². The van der Waals surface area contributed by atoms with Gasteiger partial charge in [0, 0.05) is 30.1 Å². The molecule has 2 N–H and O–H groups in total. The monoisotopic (exact) mass is 576 g/mol. The smallest absolute Gasteiger partial charge is 0.268 e. The summed E-state index contributed by atoms with van der Waals surface area (Å²) in [6.45, 7) is 12.4. The van der Waals surface area contributed by atoms with Gasteiger partial charge in [-0.05, 0) is 48.7 Å². The van der Waals surface area contributed by atoms with Crippen LogP contribution in [0, 0.1) is 0 Å². The summed E-state index contributed by atoms with van der Waals surface area (Å²) in [5, 5.41) is 3.30. The molecule has 40 heavy (non-hydrogen) atoms. The summed E-state index contributed by atoms with van der Waals surface area (Å²) < 4.78 is 14.8. The fourth-order valence-electron chi connectivity index (χ4n) is 4.14. The molecular formula is C31H40N4O3SSi. The highest BCUT2D eigenvalue weighted by Crippen LogP contribution is 2.38. The fraction of sp³-hybridized carbons (Fsp3) is 0.387. The Morgan fingerprint density at radius 3 is 2.60 bits per heavy atom. The van der Waals surface area contributed by atoms with Crippen LogP contribution >= 0.6 is 11.3 Å². The summed E-state index contributed by atoms with van der Waals surface area (Å²) in [5.74, 6) is 0.305. The summed E-state index contributed by atoms with van der Waals surface area (Å²) in [5.41, 5.74) is 8.94. The number of ether oxygens (including phenoxy) is 1. The molecule has 0 saturated heterocycles. The number of carbonyl (C=O) groups is 1. The SMILES string of the molecule is CC(C)(C)[Si](C)(C)O[C@@H](CCCOc1cccc(-c2csc(Cc3ccccc3)n2)c1)Cn1cnc(C(N)=O)c1. The molecule has 7 nitrogen and oxygen atoms in total. The summed E-state index contributed by atoms with van der Waals surface area (Å²) in [4.78, 5) is 20.5. The van der Waals surface area contributed by atoms with Crippen LogP contribution < -0.4 is 10.5 Å². The third-order valence-electron chi connectivity index (χ3n) is 7.39. The predicted octanol–water partition coefficient (Wildman–Crippen LogP) is 6.95. The van der Waals surface area contributed by atoms with E-state index in [-0.39, 0.29) is 16.8 Å². The molecule has 4 rings (SSSR count). The zero-order valence-corrected chi connectivity index (χ0v) is 25.9. The van der Waals surface area contributed by atoms with Crippen LogP contribution in [0.2, 0.25) is 18.1 Å². The molecule has 2 aromatic heterocycles. The number of nitrogens with two attached hydrogens (primary N) is 1. The number of aromatic nitrogens is 3. The van der Waals surface area contributed by atoms with Gasteiger partial charge >= 0.3 is 0 Å². The molecule has 2 heterocycles. The number of benzene rings is 2. The molecule has 4 aromatic rings. The van der Waals surface area contributed by atoms with Gasteiger partial charge in [0.25, 0.3) is 5.91 Å². The maximum atomic E-state index is 11.5. The van der Waals surface area contributed by atoms with Crippen molar-refractivity contribution in [1.82, 2.24) is 14.5 Å². The minimum atomic E-state index is -2.00. The van der Waals surface area contributed by atoms with Crippen molar-refractivity contribution in [3.05, 3.63) is 88.8 Å². The molecule has 0 aliphatic heterocycles. The second-order valence-corrected chi connectivity index (χ2v) is 17.3. The molecule has 1 amide bonds. The lowest BCUT2D eigenvalue weighted by Gasteiger charge is -2.39. The molecule has 0 radical (unpaired) electrons. The lowest BCUT2D eigenvalue weighted by atomic mass is 10.1. The number of carbonyl (C=O) groups excluding carboxylic acids is 1. The van der Waals surface area contributed by atoms with Crippen molar-refractivity contribution < 1.29 is 14.0 Å². The van der Waals surface area contributed by atoms with Crippen LogP contribution in [-0.4, -0.2) is 41.5 Å². The number of nitrogens with zero attached hydrogens (tertiary/aromatic N) is 3. The topological polar surface area (TPSA) is 92.3 Å². The van der Waals surface area contributed by atoms with Gasteiger partial charge in [-0.3, -0.25) is 4.79 Å². The molecule has 1 atom stereocenters. The highest BCUT2D eigenvalue weighted by atomic mass is 32.1. The lowest BCUT2D eigenvalue weighted by molar-refractivity contribution is 0.0995. The Morgan fingerprint density at radius 1 is 1.12 bits per heavy atom. The number of hydrogen-bond donors (Lipinski definition) is 1. The van der Waals surface area contributed by atoms with E-state index in [1.165, 1.54) is 5.56 Å². The maximum Gasteiger partial charge on any atom is 0.268 e. The third kappa shape index (κ3) is 8.12. The lowest BCUT2D eigenvalue weighted by Crippen LogP contribution is -2.45. The van der Waals surface area contributed by atoms with Crippen molar-refractivity contribution in [1.29, 1.82) is 0 Å². The third-order valence-corrected chi connectivity index (χ3v) is 12.8. The van der Waals surface area contributed by atoms with Crippen LogP contribution in [0.4, 0.5) is 0 Å². The van der Waals surface area contributed by atoms with E-state index in [4.69, 9.17) is 19.9 Å². The van der Waals surface area contributed by atoms with Crippen LogP contribution in [0.15, 0.2) is 72.5 Å². The minimum Gasteiger partial charge on any atom is -0.494 e. The number of imidazole rings is 1. The van der Waals surface area contributed by atoms with Crippen LogP contribution in [0.25, 0.3) is 11.3 Å². The number of amides is 1. The average molecular weight is 577 g/mol. The molecule has 0 spiro atoms. The summed E-state index contributed by atoms with van der Waals surface area (Å²) in [7, 11) is -2.00. The van der Waals surface area contributed by atoms with Gasteiger partial charge in [-0.2, -0.15) is 0 Å². The van der Waals surface area contributed by atoms with Crippen LogP contribution in [0.1, 0.15) is 54.7 Å². The molecule has 0 unspecified atom stereocenters. The van der Waals surface area contributed by atoms with Gasteiger partial charge < -0.3 is 19.5 Å². The van der Waals surface area contributed by atoms with Crippen molar-refractivity contribution in [3.63, 3.8) is 0 Å². The largest absolute Gasteiger partial charge is 0.494 e. The average Bonchev–Trinajstić information content (AvgIpc) is 3.57. The molecule has 0 aliphatic rings. The highest BCUT2D eigenvalue weighted by Gasteiger charge is 2.39. The highest BCUT2D eigenvalue weighted by molar-refractivity contribution is 7.10. The molecule has 2 aromatic carbocycles. The van der Waals surface area contributed by atoms with E-state index in [2.05, 4.69) is 80.6 Å². The molecule has 0 aliphatic carbocycles. The number of hydrogen-bond acceptors (Lipinski definition) is 6. The van der Waals surface area contributed by atoms with Crippen molar-refractivity contribution in [3.8, 4) is 17.0 Å². The summed E-state index contributed by atoms with van der Waals surface area (Å²) in [6.07, 6.45) is 5.81. The second kappa shape index (κ2) is 12.9. The number of primary amides is 1. The molecule has 9 heteroatoms. The quantitative estimate of drug-likeness (QED) is 0.137. The number of rotatable bonds is 13. The van der Waals surface area contributed by atoms with Crippen LogP contribution in [0.3, 0.4) is 0 Å². The minimum absolute atomic E-state index is 0.0243. The standard InChI is InChI=1S/C31H40N4O3SSi/c1-31(2,3)40(4,5)38-26(19-35-20-27(30(32)36)33-22-35)15-10-16-37-25-14-9-13-24(18-25)28-21-39-29(34-28)17-23-11-7-6-8-12-23/h6-9,11-14,18,20-22,26H,10,15-17,19H2,1-5H3,(H2,32,36)/t26-/m0/s1. The van der Waals surface area contributed by atoms with Crippen molar-refractivity contribution in [2.75, 3.05) is 6.61 Å². The Hall–Kier alpha value is -3.27. The van der Waals surface area contributed by atoms with Crippen molar-refractivity contribution in [2.24, 2.45) is 5.73 Å². The Balaban J connectivity index is 1.35. The fourth-order valence-corrected chi connectivity index (χ4v) is 6.36. The van der Waals surface area contributed by atoms with E-state index in [1.54, 1.807) is 23.9 Å². The summed E-state index contributed by atoms with van der Waals surface area (Å²) in [6, 6.07) is 18.5. The van der Waals surface area contributed by atoms with E-state index >= 15 is 0 Å². The van der Waals surface area contributed by atoms with Gasteiger partial charge in [0.05, 0.1) is 29.7 Å². The van der Waals surface area contributed by atoms with Crippen molar-refractivity contribution >= 4 is 25.6 Å². The van der Waals surface area contributed by atoms with E-state index in [0.29, 0.717) is 13.2 Å². The summed E-state index contributed by atoms with van der Waals surface area (Å²) >= 11 is 1.68. The first-order valence-electron chi connectivity index (χ1n) is 13.7. The van der Waals surface area contributed by atoms with Gasteiger partial charge in [-0.25, -0.2) is 9.97 Å². The molecular weight excluding hydrogens is 537 g/mol. The second-order valence-electron chi connectivity index (χ2n) is 11.6. The first kappa shape index (κ1) is 29.7. The van der Waals surface area contributed by atoms with Gasteiger partial charge in [0.1, 0.15) is 11.4 Å². The maximum absolute atomic E-state index is 11.5. The van der Waals surface area contributed by atoms with Crippen molar-refractivity contribution in [2.45, 2.75) is 70.8 Å². The Bertz CT molecular complexity index is 1390. The first-order chi connectivity index (χ1) is 19.0. The molecule has 0 saturated carbocycles. The molecule has 0 bridgehead atoms. The predicted molar refractivity (Wildman–Crippen MR) is 164 cm³/mol. The van der Waals surface area contributed by atoms with Gasteiger partial charge in [-0.15, -0.1) is 11.3 Å². The first-order valence-corrected chi connectivity index (χ1v) is 17.5. The van der Waals surface area contributed by atoms with E-state index in [1.807, 2.05) is 22.8 Å². The Kier molecular flexibility index (Phi) is 9.60. The van der Waals surface area contributed by atoms with Gasteiger partial charge in [0.15, 0.2) is 8.32 Å². The van der Waals surface area contributed by atoms with E-state index in [0.717, 1.165) is 41.3 Å².